The third kappa shape index (κ3) is 3.61. The van der Waals surface area contributed by atoms with Gasteiger partial charge in [0.1, 0.15) is 0 Å². The summed E-state index contributed by atoms with van der Waals surface area (Å²) in [4.78, 5) is 37.7. The van der Waals surface area contributed by atoms with Gasteiger partial charge in [-0.15, -0.1) is 5.10 Å². The quantitative estimate of drug-likeness (QED) is 0.810. The molecule has 0 saturated carbocycles. The molecule has 1 fully saturated rings. The minimum Gasteiger partial charge on any atom is -0.451 e. The number of aromatic nitrogens is 3. The highest BCUT2D eigenvalue weighted by Crippen LogP contribution is 2.15. The Morgan fingerprint density at radius 3 is 2.84 bits per heavy atom. The summed E-state index contributed by atoms with van der Waals surface area (Å²) in [6.45, 7) is 1.68. The van der Waals surface area contributed by atoms with E-state index in [4.69, 9.17) is 16.3 Å². The smallest absolute Gasteiger partial charge is 0.361 e. The number of urea groups is 1. The van der Waals surface area contributed by atoms with Crippen molar-refractivity contribution in [1.29, 1.82) is 0 Å². The molecule has 9 nitrogen and oxygen atoms in total. The van der Waals surface area contributed by atoms with Crippen molar-refractivity contribution in [3.63, 3.8) is 0 Å². The van der Waals surface area contributed by atoms with Gasteiger partial charge in [-0.3, -0.25) is 9.69 Å². The SMILES string of the molecule is Cc1nn(-c2cccc(Cl)c2)nc1C(=O)OCC(=O)N1CCNC1=O. The summed E-state index contributed by atoms with van der Waals surface area (Å²) in [6.07, 6.45) is 0. The lowest BCUT2D eigenvalue weighted by Crippen LogP contribution is -2.37. The van der Waals surface area contributed by atoms with Gasteiger partial charge in [0.2, 0.25) is 0 Å². The predicted molar refractivity (Wildman–Crippen MR) is 86.5 cm³/mol. The summed E-state index contributed by atoms with van der Waals surface area (Å²) in [7, 11) is 0. The van der Waals surface area contributed by atoms with Crippen LogP contribution in [-0.2, 0) is 9.53 Å². The number of hydrogen-bond donors (Lipinski definition) is 1. The molecule has 0 aliphatic carbocycles. The van der Waals surface area contributed by atoms with Gasteiger partial charge in [0.25, 0.3) is 5.91 Å². The van der Waals surface area contributed by atoms with Gasteiger partial charge in [-0.25, -0.2) is 9.59 Å². The Bertz CT molecular complexity index is 850. The number of benzene rings is 1. The molecular weight excluding hydrogens is 350 g/mol. The van der Waals surface area contributed by atoms with Crippen molar-refractivity contribution in [1.82, 2.24) is 25.2 Å². The molecule has 1 N–H and O–H groups in total. The molecule has 0 spiro atoms. The first-order chi connectivity index (χ1) is 12.0. The fraction of sp³-hybridized carbons (Fsp3) is 0.267. The minimum absolute atomic E-state index is 0.0151. The molecular formula is C15H14ClN5O4. The lowest BCUT2D eigenvalue weighted by molar-refractivity contribution is -0.130. The van der Waals surface area contributed by atoms with E-state index in [0.29, 0.717) is 22.9 Å². The number of carbonyl (C=O) groups is 3. The molecule has 1 aliphatic heterocycles. The molecule has 0 atom stereocenters. The first-order valence-electron chi connectivity index (χ1n) is 7.41. The number of carbonyl (C=O) groups excluding carboxylic acids is 3. The van der Waals surface area contributed by atoms with E-state index in [2.05, 4.69) is 15.5 Å². The molecule has 0 radical (unpaired) electrons. The third-order valence-corrected chi connectivity index (χ3v) is 3.73. The Balaban J connectivity index is 1.68. The minimum atomic E-state index is -0.793. The number of nitrogens with one attached hydrogen (secondary N) is 1. The van der Waals surface area contributed by atoms with Crippen LogP contribution in [0.15, 0.2) is 24.3 Å². The molecule has 1 saturated heterocycles. The summed E-state index contributed by atoms with van der Waals surface area (Å²) >= 11 is 5.93. The third-order valence-electron chi connectivity index (χ3n) is 3.50. The second-order valence-corrected chi connectivity index (χ2v) is 5.69. The maximum absolute atomic E-state index is 12.1. The Kier molecular flexibility index (Phi) is 4.66. The molecule has 1 aliphatic rings. The first-order valence-corrected chi connectivity index (χ1v) is 7.78. The van der Waals surface area contributed by atoms with Gasteiger partial charge in [0.15, 0.2) is 12.3 Å². The van der Waals surface area contributed by atoms with E-state index in [9.17, 15) is 14.4 Å². The van der Waals surface area contributed by atoms with Crippen LogP contribution < -0.4 is 5.32 Å². The summed E-state index contributed by atoms with van der Waals surface area (Å²) < 4.78 is 4.95. The van der Waals surface area contributed by atoms with Gasteiger partial charge in [0, 0.05) is 18.1 Å². The summed E-state index contributed by atoms with van der Waals surface area (Å²) in [5.41, 5.74) is 0.912. The van der Waals surface area contributed by atoms with E-state index in [1.807, 2.05) is 0 Å². The second kappa shape index (κ2) is 6.89. The maximum atomic E-state index is 12.1. The van der Waals surface area contributed by atoms with Crippen molar-refractivity contribution < 1.29 is 19.1 Å². The standard InChI is InChI=1S/C15H14ClN5O4/c1-9-13(19-21(18-9)11-4-2-3-10(16)7-11)14(23)25-8-12(22)20-6-5-17-15(20)24/h2-4,7H,5-6,8H2,1H3,(H,17,24). The highest BCUT2D eigenvalue weighted by molar-refractivity contribution is 6.30. The molecule has 10 heteroatoms. The number of rotatable bonds is 4. The fourth-order valence-electron chi connectivity index (χ4n) is 2.27. The van der Waals surface area contributed by atoms with Crippen molar-refractivity contribution in [2.24, 2.45) is 0 Å². The van der Waals surface area contributed by atoms with Crippen molar-refractivity contribution in [2.45, 2.75) is 6.92 Å². The number of imide groups is 1. The molecule has 3 rings (SSSR count). The topological polar surface area (TPSA) is 106 Å². The van der Waals surface area contributed by atoms with E-state index in [-0.39, 0.29) is 12.2 Å². The lowest BCUT2D eigenvalue weighted by Gasteiger charge is -2.11. The number of nitrogens with zero attached hydrogens (tertiary/aromatic N) is 4. The molecule has 130 valence electrons. The van der Waals surface area contributed by atoms with Gasteiger partial charge in [-0.2, -0.15) is 9.90 Å². The van der Waals surface area contributed by atoms with E-state index in [1.165, 1.54) is 4.80 Å². The van der Waals surface area contributed by atoms with Crippen molar-refractivity contribution in [3.05, 3.63) is 40.7 Å². The van der Waals surface area contributed by atoms with Gasteiger partial charge in [-0.1, -0.05) is 17.7 Å². The van der Waals surface area contributed by atoms with Crippen LogP contribution in [-0.4, -0.2) is 57.5 Å². The first kappa shape index (κ1) is 16.9. The Morgan fingerprint density at radius 1 is 1.36 bits per heavy atom. The molecule has 0 unspecified atom stereocenters. The molecule has 25 heavy (non-hydrogen) atoms. The van der Waals surface area contributed by atoms with E-state index < -0.39 is 24.5 Å². The number of halogens is 1. The predicted octanol–water partition coefficient (Wildman–Crippen LogP) is 0.938. The van der Waals surface area contributed by atoms with Crippen molar-refractivity contribution >= 4 is 29.5 Å². The maximum Gasteiger partial charge on any atom is 0.361 e. The number of hydrogen-bond acceptors (Lipinski definition) is 6. The van der Waals surface area contributed by atoms with Crippen LogP contribution in [0.4, 0.5) is 4.79 Å². The van der Waals surface area contributed by atoms with Crippen LogP contribution in [0.25, 0.3) is 5.69 Å². The molecule has 1 aromatic carbocycles. The van der Waals surface area contributed by atoms with Crippen molar-refractivity contribution in [3.8, 4) is 5.69 Å². The molecule has 2 heterocycles. The van der Waals surface area contributed by atoms with Crippen LogP contribution in [0, 0.1) is 6.92 Å². The number of aryl methyl sites for hydroxylation is 1. The largest absolute Gasteiger partial charge is 0.451 e. The average Bonchev–Trinajstić information content (AvgIpc) is 3.18. The number of esters is 1. The summed E-state index contributed by atoms with van der Waals surface area (Å²) in [5, 5.41) is 11.2. The normalized spacial score (nSPS) is 13.7. The monoisotopic (exact) mass is 363 g/mol. The van der Waals surface area contributed by atoms with E-state index in [0.717, 1.165) is 4.90 Å². The van der Waals surface area contributed by atoms with Gasteiger partial charge in [-0.05, 0) is 25.1 Å². The zero-order valence-electron chi connectivity index (χ0n) is 13.2. The molecule has 3 amide bonds. The van der Waals surface area contributed by atoms with Crippen LogP contribution in [0.1, 0.15) is 16.2 Å². The Hall–Kier alpha value is -2.94. The zero-order valence-corrected chi connectivity index (χ0v) is 14.0. The van der Waals surface area contributed by atoms with Crippen LogP contribution in [0.2, 0.25) is 5.02 Å². The highest BCUT2D eigenvalue weighted by Gasteiger charge is 2.27. The van der Waals surface area contributed by atoms with Gasteiger partial charge < -0.3 is 10.1 Å². The zero-order chi connectivity index (χ0) is 18.0. The van der Waals surface area contributed by atoms with Crippen LogP contribution >= 0.6 is 11.6 Å². The fourth-order valence-corrected chi connectivity index (χ4v) is 2.45. The van der Waals surface area contributed by atoms with Crippen LogP contribution in [0.5, 0.6) is 0 Å². The Labute approximate surface area is 147 Å². The second-order valence-electron chi connectivity index (χ2n) is 5.26. The molecule has 1 aromatic heterocycles. The number of ether oxygens (including phenoxy) is 1. The summed E-state index contributed by atoms with van der Waals surface area (Å²) in [6, 6.07) is 6.32. The molecule has 2 aromatic rings. The summed E-state index contributed by atoms with van der Waals surface area (Å²) in [5.74, 6) is -1.39. The van der Waals surface area contributed by atoms with Gasteiger partial charge >= 0.3 is 12.0 Å². The number of amides is 3. The van der Waals surface area contributed by atoms with Crippen LogP contribution in [0.3, 0.4) is 0 Å². The average molecular weight is 364 g/mol. The Morgan fingerprint density at radius 2 is 2.16 bits per heavy atom. The van der Waals surface area contributed by atoms with E-state index in [1.54, 1.807) is 31.2 Å². The lowest BCUT2D eigenvalue weighted by atomic mass is 10.3. The van der Waals surface area contributed by atoms with Crippen molar-refractivity contribution in [2.75, 3.05) is 19.7 Å². The van der Waals surface area contributed by atoms with E-state index >= 15 is 0 Å². The molecule has 0 bridgehead atoms. The van der Waals surface area contributed by atoms with Gasteiger partial charge in [0.05, 0.1) is 11.4 Å². The highest BCUT2D eigenvalue weighted by atomic mass is 35.5.